The predicted octanol–water partition coefficient (Wildman–Crippen LogP) is 1.49. The van der Waals surface area contributed by atoms with Crippen LogP contribution in [0.3, 0.4) is 0 Å². The molecule has 0 bridgehead atoms. The van der Waals surface area contributed by atoms with Crippen molar-refractivity contribution in [3.8, 4) is 0 Å². The van der Waals surface area contributed by atoms with Gasteiger partial charge >= 0.3 is 5.97 Å². The molecule has 0 rings (SSSR count). The second-order valence-corrected chi connectivity index (χ2v) is 1.95. The van der Waals surface area contributed by atoms with Crippen LogP contribution >= 0.6 is 0 Å². The third-order valence-corrected chi connectivity index (χ3v) is 1.07. The number of rotatable bonds is 5. The van der Waals surface area contributed by atoms with E-state index in [9.17, 15) is 4.79 Å². The number of carboxylic acids is 1. The Morgan fingerprint density at radius 2 is 1.91 bits per heavy atom. The van der Waals surface area contributed by atoms with Crippen molar-refractivity contribution in [1.29, 1.82) is 0 Å². The van der Waals surface area contributed by atoms with Crippen LogP contribution in [0.4, 0.5) is 0 Å². The van der Waals surface area contributed by atoms with E-state index in [2.05, 4.69) is 5.32 Å². The van der Waals surface area contributed by atoms with Crippen LogP contribution in [0, 0.1) is 0 Å². The van der Waals surface area contributed by atoms with E-state index in [1.165, 1.54) is 0 Å². The number of hydrogen-bond donors (Lipinski definition) is 2. The Kier molecular flexibility index (Phi) is 14.4. The molecular weight excluding hydrogens is 142 g/mol. The molecule has 3 nitrogen and oxygen atoms in total. The van der Waals surface area contributed by atoms with E-state index in [1.54, 1.807) is 0 Å². The zero-order valence-corrected chi connectivity index (χ0v) is 7.68. The van der Waals surface area contributed by atoms with Gasteiger partial charge in [-0.3, -0.25) is 4.79 Å². The summed E-state index contributed by atoms with van der Waals surface area (Å²) in [6.07, 6.45) is 2.01. The Hall–Kier alpha value is -0.570. The van der Waals surface area contributed by atoms with Crippen molar-refractivity contribution < 1.29 is 9.90 Å². The quantitative estimate of drug-likeness (QED) is 0.600. The summed E-state index contributed by atoms with van der Waals surface area (Å²) in [5.41, 5.74) is 0. The second kappa shape index (κ2) is 12.1. The summed E-state index contributed by atoms with van der Waals surface area (Å²) in [4.78, 5) is 9.94. The van der Waals surface area contributed by atoms with E-state index in [-0.39, 0.29) is 0 Å². The molecule has 0 aromatic rings. The van der Waals surface area contributed by atoms with Crippen LogP contribution in [0.1, 0.15) is 33.1 Å². The SMILES string of the molecule is CC.CNCCCCC(=O)O. The molecule has 11 heavy (non-hydrogen) atoms. The highest BCUT2D eigenvalue weighted by molar-refractivity contribution is 5.66. The highest BCUT2D eigenvalue weighted by atomic mass is 16.4. The minimum absolute atomic E-state index is 0.293. The smallest absolute Gasteiger partial charge is 0.303 e. The number of aliphatic carboxylic acids is 1. The lowest BCUT2D eigenvalue weighted by Crippen LogP contribution is -2.07. The first-order valence-electron chi connectivity index (χ1n) is 4.13. The van der Waals surface area contributed by atoms with E-state index in [0.717, 1.165) is 19.4 Å². The van der Waals surface area contributed by atoms with Gasteiger partial charge in [0.25, 0.3) is 0 Å². The first-order valence-corrected chi connectivity index (χ1v) is 4.13. The normalized spacial score (nSPS) is 8.27. The minimum atomic E-state index is -0.703. The van der Waals surface area contributed by atoms with Gasteiger partial charge in [0, 0.05) is 6.42 Å². The zero-order valence-electron chi connectivity index (χ0n) is 7.68. The molecule has 0 aliphatic carbocycles. The number of hydrogen-bond acceptors (Lipinski definition) is 2. The van der Waals surface area contributed by atoms with Crippen molar-refractivity contribution in [2.45, 2.75) is 33.1 Å². The molecule has 0 fully saturated rings. The largest absolute Gasteiger partial charge is 0.481 e. The molecule has 2 N–H and O–H groups in total. The first-order chi connectivity index (χ1) is 5.27. The van der Waals surface area contributed by atoms with Crippen LogP contribution in [0.25, 0.3) is 0 Å². The topological polar surface area (TPSA) is 49.3 Å². The molecule has 0 saturated carbocycles. The van der Waals surface area contributed by atoms with Crippen molar-refractivity contribution in [1.82, 2.24) is 5.32 Å². The standard InChI is InChI=1S/C6H13NO2.C2H6/c1-7-5-3-2-4-6(8)9;1-2/h7H,2-5H2,1H3,(H,8,9);1-2H3. The molecule has 0 radical (unpaired) electrons. The average Bonchev–Trinajstić information content (AvgIpc) is 2.02. The van der Waals surface area contributed by atoms with E-state index in [4.69, 9.17) is 5.11 Å². The zero-order chi connectivity index (χ0) is 9.11. The van der Waals surface area contributed by atoms with Crippen molar-refractivity contribution in [2.75, 3.05) is 13.6 Å². The lowest BCUT2D eigenvalue weighted by molar-refractivity contribution is -0.137. The third kappa shape index (κ3) is 17.7. The van der Waals surface area contributed by atoms with Gasteiger partial charge in [-0.05, 0) is 26.4 Å². The monoisotopic (exact) mass is 161 g/mol. The molecule has 0 spiro atoms. The van der Waals surface area contributed by atoms with Gasteiger partial charge in [0.2, 0.25) is 0 Å². The van der Waals surface area contributed by atoms with Gasteiger partial charge in [-0.1, -0.05) is 13.8 Å². The van der Waals surface area contributed by atoms with E-state index < -0.39 is 5.97 Å². The molecule has 0 heterocycles. The van der Waals surface area contributed by atoms with Crippen LogP contribution in [-0.4, -0.2) is 24.7 Å². The van der Waals surface area contributed by atoms with Gasteiger partial charge in [0.15, 0.2) is 0 Å². The maximum atomic E-state index is 9.94. The number of nitrogens with one attached hydrogen (secondary N) is 1. The predicted molar refractivity (Wildman–Crippen MR) is 46.8 cm³/mol. The van der Waals surface area contributed by atoms with Crippen molar-refractivity contribution >= 4 is 5.97 Å². The fourth-order valence-electron chi connectivity index (χ4n) is 0.578. The first kappa shape index (κ1) is 13.1. The Bertz CT molecular complexity index is 84.2. The summed E-state index contributed by atoms with van der Waals surface area (Å²) in [5.74, 6) is -0.703. The summed E-state index contributed by atoms with van der Waals surface area (Å²) >= 11 is 0. The summed E-state index contributed by atoms with van der Waals surface area (Å²) in [6.45, 7) is 4.91. The molecule has 0 amide bonds. The second-order valence-electron chi connectivity index (χ2n) is 1.95. The van der Waals surface area contributed by atoms with Gasteiger partial charge in [-0.25, -0.2) is 0 Å². The summed E-state index contributed by atoms with van der Waals surface area (Å²) in [5, 5.41) is 11.1. The minimum Gasteiger partial charge on any atom is -0.481 e. The summed E-state index contributed by atoms with van der Waals surface area (Å²) in [6, 6.07) is 0. The molecule has 0 saturated heterocycles. The fourth-order valence-corrected chi connectivity index (χ4v) is 0.578. The van der Waals surface area contributed by atoms with Gasteiger partial charge in [-0.2, -0.15) is 0 Å². The van der Waals surface area contributed by atoms with E-state index in [0.29, 0.717) is 6.42 Å². The lowest BCUT2D eigenvalue weighted by Gasteiger charge is -1.94. The van der Waals surface area contributed by atoms with Gasteiger partial charge in [-0.15, -0.1) is 0 Å². The fraction of sp³-hybridized carbons (Fsp3) is 0.875. The van der Waals surface area contributed by atoms with Crippen molar-refractivity contribution in [3.63, 3.8) is 0 Å². The Morgan fingerprint density at radius 1 is 1.36 bits per heavy atom. The Labute approximate surface area is 68.8 Å². The average molecular weight is 161 g/mol. The molecular formula is C8H19NO2. The Balaban J connectivity index is 0. The van der Waals surface area contributed by atoms with Gasteiger partial charge < -0.3 is 10.4 Å². The number of carboxylic acid groups (broad SMARTS) is 1. The van der Waals surface area contributed by atoms with E-state index >= 15 is 0 Å². The summed E-state index contributed by atoms with van der Waals surface area (Å²) in [7, 11) is 1.86. The molecule has 0 unspecified atom stereocenters. The van der Waals surface area contributed by atoms with Crippen LogP contribution in [0.5, 0.6) is 0 Å². The lowest BCUT2D eigenvalue weighted by atomic mass is 10.2. The highest BCUT2D eigenvalue weighted by Crippen LogP contribution is 1.92. The maximum absolute atomic E-state index is 9.94. The number of unbranched alkanes of at least 4 members (excludes halogenated alkanes) is 1. The van der Waals surface area contributed by atoms with Crippen LogP contribution in [0.2, 0.25) is 0 Å². The van der Waals surface area contributed by atoms with Gasteiger partial charge in [0.1, 0.15) is 0 Å². The molecule has 0 aliphatic heterocycles. The third-order valence-electron chi connectivity index (χ3n) is 1.07. The molecule has 0 aliphatic rings. The van der Waals surface area contributed by atoms with Crippen molar-refractivity contribution in [3.05, 3.63) is 0 Å². The van der Waals surface area contributed by atoms with Crippen LogP contribution in [0.15, 0.2) is 0 Å². The highest BCUT2D eigenvalue weighted by Gasteiger charge is 1.93. The van der Waals surface area contributed by atoms with Crippen LogP contribution in [-0.2, 0) is 4.79 Å². The summed E-state index contributed by atoms with van der Waals surface area (Å²) < 4.78 is 0. The molecule has 68 valence electrons. The van der Waals surface area contributed by atoms with E-state index in [1.807, 2.05) is 20.9 Å². The maximum Gasteiger partial charge on any atom is 0.303 e. The molecule has 0 aromatic heterocycles. The van der Waals surface area contributed by atoms with Crippen LogP contribution < -0.4 is 5.32 Å². The molecule has 0 atom stereocenters. The van der Waals surface area contributed by atoms with Gasteiger partial charge in [0.05, 0.1) is 0 Å². The molecule has 3 heteroatoms. The molecule has 0 aromatic carbocycles. The number of carbonyl (C=O) groups is 1. The Morgan fingerprint density at radius 3 is 2.27 bits per heavy atom. The van der Waals surface area contributed by atoms with Crippen molar-refractivity contribution in [2.24, 2.45) is 0 Å².